The molecular formula is C13H14N2O2S. The Morgan fingerprint density at radius 2 is 2.28 bits per heavy atom. The third-order valence-electron chi connectivity index (χ3n) is 2.35. The summed E-state index contributed by atoms with van der Waals surface area (Å²) in [5, 5.41) is 3.90. The van der Waals surface area contributed by atoms with Gasteiger partial charge in [0.1, 0.15) is 5.76 Å². The summed E-state index contributed by atoms with van der Waals surface area (Å²) in [6, 6.07) is 7.41. The maximum atomic E-state index is 11.6. The van der Waals surface area contributed by atoms with Crippen LogP contribution >= 0.6 is 11.3 Å². The van der Waals surface area contributed by atoms with Gasteiger partial charge in [0, 0.05) is 9.75 Å². The summed E-state index contributed by atoms with van der Waals surface area (Å²) >= 11 is 1.66. The first-order valence-corrected chi connectivity index (χ1v) is 6.49. The van der Waals surface area contributed by atoms with Crippen LogP contribution in [0.3, 0.4) is 0 Å². The lowest BCUT2D eigenvalue weighted by molar-refractivity contribution is 0.0926. The Morgan fingerprint density at radius 3 is 2.89 bits per heavy atom. The molecule has 2 rings (SSSR count). The lowest BCUT2D eigenvalue weighted by Crippen LogP contribution is -2.16. The van der Waals surface area contributed by atoms with Gasteiger partial charge in [0.15, 0.2) is 5.76 Å². The molecule has 0 aromatic carbocycles. The number of nitrogens with zero attached hydrogens (tertiary/aromatic N) is 1. The number of rotatable bonds is 4. The molecule has 94 valence electrons. The van der Waals surface area contributed by atoms with Gasteiger partial charge in [0.25, 0.3) is 0 Å². The first-order valence-electron chi connectivity index (χ1n) is 5.67. The zero-order valence-corrected chi connectivity index (χ0v) is 11.1. The summed E-state index contributed by atoms with van der Waals surface area (Å²) in [4.78, 5) is 13.9. The minimum Gasteiger partial charge on any atom is -0.456 e. The number of carbonyl (C=O) groups is 1. The molecule has 2 aromatic rings. The van der Waals surface area contributed by atoms with Crippen LogP contribution in [0.15, 0.2) is 33.8 Å². The summed E-state index contributed by atoms with van der Waals surface area (Å²) in [5.41, 5.74) is 2.43. The van der Waals surface area contributed by atoms with Gasteiger partial charge >= 0.3 is 5.91 Å². The Hall–Kier alpha value is -1.88. The van der Waals surface area contributed by atoms with Gasteiger partial charge in [0.2, 0.25) is 0 Å². The van der Waals surface area contributed by atoms with Crippen LogP contribution in [-0.4, -0.2) is 12.1 Å². The van der Waals surface area contributed by atoms with Crippen LogP contribution in [-0.2, 0) is 6.42 Å². The predicted octanol–water partition coefficient (Wildman–Crippen LogP) is 2.98. The predicted molar refractivity (Wildman–Crippen MR) is 72.2 cm³/mol. The van der Waals surface area contributed by atoms with Crippen molar-refractivity contribution in [1.29, 1.82) is 0 Å². The molecule has 5 heteroatoms. The lowest BCUT2D eigenvalue weighted by Gasteiger charge is -1.94. The minimum atomic E-state index is -0.341. The second-order valence-corrected chi connectivity index (χ2v) is 4.97. The van der Waals surface area contributed by atoms with Crippen LogP contribution in [0.4, 0.5) is 0 Å². The minimum absolute atomic E-state index is 0.269. The van der Waals surface area contributed by atoms with E-state index in [-0.39, 0.29) is 11.7 Å². The van der Waals surface area contributed by atoms with E-state index in [1.807, 2.05) is 6.07 Å². The van der Waals surface area contributed by atoms with Gasteiger partial charge in [0.05, 0.1) is 6.21 Å². The maximum absolute atomic E-state index is 11.6. The molecule has 0 aliphatic rings. The quantitative estimate of drug-likeness (QED) is 0.680. The second kappa shape index (κ2) is 5.64. The monoisotopic (exact) mass is 262 g/mol. The smallest absolute Gasteiger partial charge is 0.307 e. The van der Waals surface area contributed by atoms with Crippen molar-refractivity contribution in [3.63, 3.8) is 0 Å². The van der Waals surface area contributed by atoms with E-state index >= 15 is 0 Å². The zero-order valence-electron chi connectivity index (χ0n) is 10.3. The number of hydrogen-bond donors (Lipinski definition) is 1. The van der Waals surface area contributed by atoms with Crippen molar-refractivity contribution in [2.45, 2.75) is 20.3 Å². The van der Waals surface area contributed by atoms with Crippen molar-refractivity contribution in [3.8, 4) is 0 Å². The van der Waals surface area contributed by atoms with E-state index in [9.17, 15) is 4.79 Å². The molecule has 0 bridgehead atoms. The van der Waals surface area contributed by atoms with Crippen LogP contribution in [0, 0.1) is 6.92 Å². The Labute approximate surface area is 109 Å². The fraction of sp³-hybridized carbons (Fsp3) is 0.231. The largest absolute Gasteiger partial charge is 0.456 e. The van der Waals surface area contributed by atoms with E-state index in [2.05, 4.69) is 23.5 Å². The molecule has 0 spiro atoms. The van der Waals surface area contributed by atoms with E-state index in [1.165, 1.54) is 4.88 Å². The fourth-order valence-corrected chi connectivity index (χ4v) is 2.24. The van der Waals surface area contributed by atoms with Crippen LogP contribution in [0.2, 0.25) is 0 Å². The summed E-state index contributed by atoms with van der Waals surface area (Å²) in [6.45, 7) is 3.89. The molecule has 0 radical (unpaired) electrons. The number of furan rings is 1. The number of nitrogens with one attached hydrogen (secondary N) is 1. The molecule has 0 atom stereocenters. The van der Waals surface area contributed by atoms with Crippen LogP contribution in [0.5, 0.6) is 0 Å². The van der Waals surface area contributed by atoms with Gasteiger partial charge < -0.3 is 4.42 Å². The third kappa shape index (κ3) is 3.07. The van der Waals surface area contributed by atoms with Gasteiger partial charge in [-0.15, -0.1) is 11.3 Å². The fourth-order valence-electron chi connectivity index (χ4n) is 1.42. The van der Waals surface area contributed by atoms with Gasteiger partial charge in [-0.3, -0.25) is 4.79 Å². The summed E-state index contributed by atoms with van der Waals surface area (Å²) < 4.78 is 5.19. The van der Waals surface area contributed by atoms with E-state index in [0.29, 0.717) is 5.76 Å². The molecule has 18 heavy (non-hydrogen) atoms. The standard InChI is InChI=1S/C13H14N2O2S/c1-3-10-5-6-11(18-10)8-14-15-13(16)12-7-4-9(2)17-12/h4-8H,3H2,1-2H3,(H,15,16). The first-order chi connectivity index (χ1) is 8.69. The van der Waals surface area contributed by atoms with E-state index in [4.69, 9.17) is 4.42 Å². The Balaban J connectivity index is 1.93. The topological polar surface area (TPSA) is 54.6 Å². The van der Waals surface area contributed by atoms with Gasteiger partial charge in [-0.1, -0.05) is 6.92 Å². The number of amides is 1. The molecule has 0 aliphatic carbocycles. The summed E-state index contributed by atoms with van der Waals surface area (Å²) in [5.74, 6) is 0.631. The Morgan fingerprint density at radius 1 is 1.44 bits per heavy atom. The van der Waals surface area contributed by atoms with Crippen LogP contribution in [0.1, 0.15) is 33.0 Å². The van der Waals surface area contributed by atoms with Crippen molar-refractivity contribution in [2.24, 2.45) is 5.10 Å². The van der Waals surface area contributed by atoms with E-state index < -0.39 is 0 Å². The second-order valence-electron chi connectivity index (χ2n) is 3.77. The van der Waals surface area contributed by atoms with Crippen molar-refractivity contribution < 1.29 is 9.21 Å². The number of hydrogen-bond acceptors (Lipinski definition) is 4. The highest BCUT2D eigenvalue weighted by molar-refractivity contribution is 7.13. The highest BCUT2D eigenvalue weighted by Crippen LogP contribution is 2.14. The normalized spacial score (nSPS) is 11.0. The Kier molecular flexibility index (Phi) is 3.94. The van der Waals surface area contributed by atoms with Gasteiger partial charge in [-0.25, -0.2) is 5.43 Å². The summed E-state index contributed by atoms with van der Waals surface area (Å²) in [7, 11) is 0. The lowest BCUT2D eigenvalue weighted by atomic mass is 10.4. The number of thiophene rings is 1. The highest BCUT2D eigenvalue weighted by atomic mass is 32.1. The third-order valence-corrected chi connectivity index (χ3v) is 3.52. The molecule has 0 fully saturated rings. The molecule has 2 heterocycles. The highest BCUT2D eigenvalue weighted by Gasteiger charge is 2.07. The molecule has 2 aromatic heterocycles. The van der Waals surface area contributed by atoms with Crippen LogP contribution < -0.4 is 5.43 Å². The number of carbonyl (C=O) groups excluding carboxylic acids is 1. The van der Waals surface area contributed by atoms with Crippen molar-refractivity contribution in [3.05, 3.63) is 45.5 Å². The number of hydrazone groups is 1. The van der Waals surface area contributed by atoms with E-state index in [1.54, 1.807) is 36.6 Å². The molecule has 0 saturated heterocycles. The van der Waals surface area contributed by atoms with E-state index in [0.717, 1.165) is 11.3 Å². The molecular weight excluding hydrogens is 248 g/mol. The molecule has 1 N–H and O–H groups in total. The summed E-state index contributed by atoms with van der Waals surface area (Å²) in [6.07, 6.45) is 2.65. The van der Waals surface area contributed by atoms with Gasteiger partial charge in [-0.2, -0.15) is 5.10 Å². The molecule has 0 saturated carbocycles. The zero-order chi connectivity index (χ0) is 13.0. The molecule has 1 amide bonds. The SMILES string of the molecule is CCc1ccc(C=NNC(=O)c2ccc(C)o2)s1. The molecule has 4 nitrogen and oxygen atoms in total. The van der Waals surface area contributed by atoms with Crippen LogP contribution in [0.25, 0.3) is 0 Å². The average Bonchev–Trinajstić information content (AvgIpc) is 2.98. The maximum Gasteiger partial charge on any atom is 0.307 e. The molecule has 0 unspecified atom stereocenters. The van der Waals surface area contributed by atoms with Crippen molar-refractivity contribution in [2.75, 3.05) is 0 Å². The van der Waals surface area contributed by atoms with Crippen molar-refractivity contribution in [1.82, 2.24) is 5.43 Å². The average molecular weight is 262 g/mol. The van der Waals surface area contributed by atoms with Gasteiger partial charge in [-0.05, 0) is 37.6 Å². The molecule has 0 aliphatic heterocycles. The number of aryl methyl sites for hydroxylation is 2. The Bertz CT molecular complexity index is 569. The first kappa shape index (κ1) is 12.6. The van der Waals surface area contributed by atoms with Crippen molar-refractivity contribution >= 4 is 23.5 Å².